The van der Waals surface area contributed by atoms with E-state index in [2.05, 4.69) is 188 Å². The number of H-pyrrole nitrogens is 1. The second-order valence-electron chi connectivity index (χ2n) is 26.8. The molecule has 0 aliphatic rings. The van der Waals surface area contributed by atoms with Crippen molar-refractivity contribution in [2.45, 2.75) is 52.7 Å². The number of aromatic amines is 1. The number of nitrogens with two attached hydrogens (primary N) is 2. The number of hydrogen-bond acceptors (Lipinski definition) is 11. The summed E-state index contributed by atoms with van der Waals surface area (Å²) in [5.74, 6) is 2.64. The van der Waals surface area contributed by atoms with Crippen LogP contribution >= 0.6 is 45.8 Å². The number of fused-ring (bicyclic) bond motifs is 9. The maximum absolute atomic E-state index is 12.2. The third-order valence-corrected chi connectivity index (χ3v) is 18.3. The van der Waals surface area contributed by atoms with E-state index in [0.717, 1.165) is 88.3 Å². The highest BCUT2D eigenvalue weighted by molar-refractivity contribution is 14.1. The Bertz CT molecular complexity index is 6050. The quantitative estimate of drug-likeness (QED) is 0.0619. The van der Waals surface area contributed by atoms with Gasteiger partial charge in [0.05, 0.1) is 27.9 Å². The van der Waals surface area contributed by atoms with E-state index in [9.17, 15) is 9.59 Å². The number of rotatable bonds is 5. The number of anilines is 4. The summed E-state index contributed by atoms with van der Waals surface area (Å²) in [6.07, 6.45) is 16.1. The molecule has 0 aliphatic heterocycles. The highest BCUT2D eigenvalue weighted by Gasteiger charge is 2.19. The Morgan fingerprint density at radius 3 is 1.17 bits per heavy atom. The fourth-order valence-corrected chi connectivity index (χ4v) is 13.0. The van der Waals surface area contributed by atoms with Crippen molar-refractivity contribution in [1.29, 1.82) is 0 Å². The summed E-state index contributed by atoms with van der Waals surface area (Å²) in [7, 11) is 0. The zero-order chi connectivity index (χ0) is 74.8. The van der Waals surface area contributed by atoms with Crippen LogP contribution in [0.1, 0.15) is 41.5 Å². The molecule has 0 fully saturated rings. The number of benzene rings is 9. The van der Waals surface area contributed by atoms with E-state index in [1.54, 1.807) is 30.6 Å². The fourth-order valence-electron chi connectivity index (χ4n) is 12.1. The lowest BCUT2D eigenvalue weighted by atomic mass is 10.1. The predicted octanol–water partition coefficient (Wildman–Crippen LogP) is 22.9. The molecular formula is C87H74Cl2IN13O4. The highest BCUT2D eigenvalue weighted by Crippen LogP contribution is 2.32. The molecule has 0 saturated carbocycles. The number of ether oxygens (including phenoxy) is 2. The molecule has 9 heterocycles. The molecule has 17 nitrogen and oxygen atoms in total. The van der Waals surface area contributed by atoms with Gasteiger partial charge in [-0.15, -0.1) is 0 Å². The molecule has 9 aromatic heterocycles. The van der Waals surface area contributed by atoms with Crippen LogP contribution in [0.4, 0.5) is 32.3 Å². The summed E-state index contributed by atoms with van der Waals surface area (Å²) in [6, 6.07) is 80.1. The summed E-state index contributed by atoms with van der Waals surface area (Å²) >= 11 is 14.0. The first-order chi connectivity index (χ1) is 51.6. The van der Waals surface area contributed by atoms with Gasteiger partial charge in [-0.1, -0.05) is 157 Å². The van der Waals surface area contributed by atoms with Crippen molar-refractivity contribution >= 4 is 178 Å². The van der Waals surface area contributed by atoms with Crippen LogP contribution in [0.5, 0.6) is 0 Å². The zero-order valence-electron chi connectivity index (χ0n) is 59.3. The van der Waals surface area contributed by atoms with E-state index < -0.39 is 23.4 Å². The number of nitrogens with zero attached hydrogens (tertiary/aromatic N) is 8. The zero-order valence-corrected chi connectivity index (χ0v) is 63.0. The van der Waals surface area contributed by atoms with E-state index >= 15 is 0 Å². The van der Waals surface area contributed by atoms with E-state index in [4.69, 9.17) is 44.1 Å². The minimum absolute atomic E-state index is 0.380. The fraction of sp³-hybridized carbons (Fsp3) is 0.0920. The number of carbonyl (C=O) groups excluding carboxylic acids is 2. The maximum Gasteiger partial charge on any atom is 0.412 e. The normalized spacial score (nSPS) is 11.2. The van der Waals surface area contributed by atoms with Gasteiger partial charge in [0.25, 0.3) is 0 Å². The summed E-state index contributed by atoms with van der Waals surface area (Å²) in [6.45, 7) is 11.0. The summed E-state index contributed by atoms with van der Waals surface area (Å²) < 4.78 is 18.1. The molecule has 7 N–H and O–H groups in total. The van der Waals surface area contributed by atoms with Crippen LogP contribution < -0.4 is 22.1 Å². The average Bonchev–Trinajstić information content (AvgIpc) is 1.59. The first-order valence-corrected chi connectivity index (χ1v) is 36.1. The number of hydrogen-bond donors (Lipinski definition) is 5. The van der Waals surface area contributed by atoms with Crippen molar-refractivity contribution in [2.75, 3.05) is 22.1 Å². The summed E-state index contributed by atoms with van der Waals surface area (Å²) in [5.41, 5.74) is 18.2. The summed E-state index contributed by atoms with van der Waals surface area (Å²) in [5, 5.41) is 21.4. The molecule has 18 aromatic rings. The van der Waals surface area contributed by atoms with Gasteiger partial charge in [-0.05, 0) is 195 Å². The van der Waals surface area contributed by atoms with Gasteiger partial charge in [-0.2, -0.15) is 0 Å². The third-order valence-electron chi connectivity index (χ3n) is 17.0. The number of aromatic nitrogens is 9. The molecular weight excluding hydrogens is 1490 g/mol. The molecule has 0 saturated heterocycles. The predicted molar refractivity (Wildman–Crippen MR) is 449 cm³/mol. The highest BCUT2D eigenvalue weighted by atomic mass is 127. The van der Waals surface area contributed by atoms with Crippen molar-refractivity contribution < 1.29 is 19.1 Å². The Hall–Kier alpha value is -12.4. The van der Waals surface area contributed by atoms with Gasteiger partial charge in [0.2, 0.25) is 0 Å². The van der Waals surface area contributed by atoms with Crippen LogP contribution in [0.25, 0.3) is 115 Å². The number of nitrogens with one attached hydrogen (secondary N) is 3. The Morgan fingerprint density at radius 1 is 0.383 bits per heavy atom. The molecule has 9 aromatic carbocycles. The van der Waals surface area contributed by atoms with E-state index in [0.29, 0.717) is 21.7 Å². The molecule has 2 amide bonds. The van der Waals surface area contributed by atoms with Crippen LogP contribution in [0.3, 0.4) is 0 Å². The molecule has 0 unspecified atom stereocenters. The SMILES string of the molecule is CC(C)(C)OC(=O)Nc1cccc2cnc(-n3ccc4ccccc43)cc12.CC(C)(C)OC(=O)Nc1cccc2cnc(Cl)cc12.Ic1cccc2cnc(-n3ccc4ccccc43)cc12.Nc1cccc2cnc(-n3ccc4ccccc43)cc12.Nc1cccc2cnc(Cl)cc12.c1ccc2[nH]ccc2c1. The Labute approximate surface area is 640 Å². The molecule has 20 heteroatoms. The second kappa shape index (κ2) is 32.3. The van der Waals surface area contributed by atoms with Gasteiger partial charge >= 0.3 is 12.2 Å². The van der Waals surface area contributed by atoms with Crippen LogP contribution in [-0.2, 0) is 9.47 Å². The Kier molecular flexibility index (Phi) is 22.1. The van der Waals surface area contributed by atoms with E-state index in [1.807, 2.05) is 199 Å². The standard InChI is InChI=1S/C22H21N3O2.C17H11IN2.C17H13N3.C14H15ClN2O2.C9H7ClN2.C8H7N/c1-22(2,3)27-21(26)24-18-9-6-8-16-14-23-20(13-17(16)18)25-12-11-15-7-4-5-10-19(15)25;2*18-15-6-3-5-13-11-19-17(10-14(13)15)20-9-8-12-4-1-2-7-16(12)20;1-14(2,3)19-13(18)17-11-6-4-5-9-8-16-12(15)7-10(9)11;10-9-4-7-6(5-12-9)2-1-3-8(7)11;1-2-4-8-7(3-1)5-6-9-8/h4-14H,1-3H3,(H,24,26);1-11H;1-11H,18H2;4-8H,1-3H3,(H,17,18);1-5H,11H2;1-6,9H. The van der Waals surface area contributed by atoms with Crippen molar-refractivity contribution in [3.63, 3.8) is 0 Å². The van der Waals surface area contributed by atoms with Crippen LogP contribution in [0, 0.1) is 3.57 Å². The van der Waals surface area contributed by atoms with Crippen molar-refractivity contribution in [3.8, 4) is 17.5 Å². The molecule has 532 valence electrons. The Morgan fingerprint density at radius 2 is 0.720 bits per heavy atom. The van der Waals surface area contributed by atoms with E-state index in [-0.39, 0.29) is 0 Å². The lowest BCUT2D eigenvalue weighted by molar-refractivity contribution is 0.0625. The van der Waals surface area contributed by atoms with Gasteiger partial charge in [-0.3, -0.25) is 10.6 Å². The second-order valence-corrected chi connectivity index (χ2v) is 28.8. The number of halogens is 3. The molecule has 0 radical (unpaired) electrons. The number of para-hydroxylation sites is 4. The largest absolute Gasteiger partial charge is 0.444 e. The molecule has 18 rings (SSSR count). The third kappa shape index (κ3) is 17.9. The maximum atomic E-state index is 12.2. The minimum Gasteiger partial charge on any atom is -0.444 e. The smallest absolute Gasteiger partial charge is 0.412 e. The van der Waals surface area contributed by atoms with Gasteiger partial charge in [0, 0.05) is 130 Å². The number of amides is 2. The Balaban J connectivity index is 0.000000116. The average molecular weight is 1560 g/mol. The number of nitrogen functional groups attached to an aromatic ring is 2. The van der Waals surface area contributed by atoms with Crippen molar-refractivity contribution in [2.24, 2.45) is 0 Å². The topological polar surface area (TPSA) is 224 Å². The lowest BCUT2D eigenvalue weighted by Crippen LogP contribution is -2.27. The minimum atomic E-state index is -0.550. The summed E-state index contributed by atoms with van der Waals surface area (Å²) in [4.78, 5) is 48.8. The number of carbonyl (C=O) groups is 2. The van der Waals surface area contributed by atoms with Crippen LogP contribution in [-0.4, -0.2) is 67.0 Å². The number of pyridine rings is 5. The van der Waals surface area contributed by atoms with Gasteiger partial charge < -0.3 is 39.6 Å². The monoisotopic (exact) mass is 1560 g/mol. The van der Waals surface area contributed by atoms with Crippen molar-refractivity contribution in [1.82, 2.24) is 43.6 Å². The molecule has 0 aliphatic carbocycles. The van der Waals surface area contributed by atoms with Crippen LogP contribution in [0.2, 0.25) is 10.3 Å². The molecule has 107 heavy (non-hydrogen) atoms. The van der Waals surface area contributed by atoms with Gasteiger partial charge in [-0.25, -0.2) is 34.5 Å². The molecule has 0 atom stereocenters. The van der Waals surface area contributed by atoms with Crippen molar-refractivity contribution in [3.05, 3.63) is 312 Å². The molecule has 0 spiro atoms. The van der Waals surface area contributed by atoms with Crippen LogP contribution in [0.15, 0.2) is 298 Å². The van der Waals surface area contributed by atoms with Gasteiger partial charge in [0.15, 0.2) is 0 Å². The van der Waals surface area contributed by atoms with E-state index in [1.165, 1.54) is 41.5 Å². The first kappa shape index (κ1) is 73.0. The lowest BCUT2D eigenvalue weighted by Gasteiger charge is -2.20. The molecule has 0 bridgehead atoms. The first-order valence-electron chi connectivity index (χ1n) is 34.3. The van der Waals surface area contributed by atoms with Gasteiger partial charge in [0.1, 0.15) is 39.0 Å².